The van der Waals surface area contributed by atoms with Crippen LogP contribution in [0.1, 0.15) is 31.3 Å². The first-order chi connectivity index (χ1) is 9.63. The van der Waals surface area contributed by atoms with Gasteiger partial charge in [0, 0.05) is 16.9 Å². The van der Waals surface area contributed by atoms with Gasteiger partial charge in [-0.2, -0.15) is 0 Å². The third kappa shape index (κ3) is 3.15. The summed E-state index contributed by atoms with van der Waals surface area (Å²) in [4.78, 5) is 8.58. The van der Waals surface area contributed by atoms with E-state index < -0.39 is 0 Å². The number of rotatable bonds is 5. The van der Waals surface area contributed by atoms with Gasteiger partial charge in [-0.25, -0.2) is 4.98 Å². The van der Waals surface area contributed by atoms with Gasteiger partial charge in [-0.05, 0) is 23.6 Å². The van der Waals surface area contributed by atoms with E-state index in [1.807, 2.05) is 29.8 Å². The molecule has 0 amide bonds. The zero-order chi connectivity index (χ0) is 14.5. The van der Waals surface area contributed by atoms with E-state index in [4.69, 9.17) is 5.53 Å². The third-order valence-corrected chi connectivity index (χ3v) is 3.98. The highest BCUT2D eigenvalue weighted by Crippen LogP contribution is 2.33. The third-order valence-electron chi connectivity index (χ3n) is 2.98. The summed E-state index contributed by atoms with van der Waals surface area (Å²) < 4.78 is 2.03. The van der Waals surface area contributed by atoms with E-state index in [9.17, 15) is 0 Å². The topological polar surface area (TPSA) is 66.6 Å². The Morgan fingerprint density at radius 2 is 2.05 bits per heavy atom. The second-order valence-electron chi connectivity index (χ2n) is 4.74. The molecule has 1 heterocycles. The van der Waals surface area contributed by atoms with Gasteiger partial charge < -0.3 is 4.57 Å². The molecule has 0 saturated carbocycles. The molecule has 0 aliphatic carbocycles. The maximum absolute atomic E-state index is 8.46. The fraction of sp³-hybridized carbons (Fsp3) is 0.357. The maximum Gasteiger partial charge on any atom is 0.123 e. The second-order valence-corrected chi connectivity index (χ2v) is 5.80. The van der Waals surface area contributed by atoms with Crippen LogP contribution in [-0.2, 0) is 13.6 Å². The lowest BCUT2D eigenvalue weighted by Crippen LogP contribution is -2.02. The lowest BCUT2D eigenvalue weighted by molar-refractivity contribution is 0.695. The molecule has 1 aromatic carbocycles. The van der Waals surface area contributed by atoms with Gasteiger partial charge in [0.1, 0.15) is 10.9 Å². The molecule has 1 aromatic heterocycles. The first-order valence-corrected chi connectivity index (χ1v) is 7.24. The lowest BCUT2D eigenvalue weighted by Gasteiger charge is -2.09. The molecule has 0 atom stereocenters. The highest BCUT2D eigenvalue weighted by molar-refractivity contribution is 7.99. The van der Waals surface area contributed by atoms with Crippen molar-refractivity contribution in [1.82, 2.24) is 9.55 Å². The molecule has 5 nitrogen and oxygen atoms in total. The van der Waals surface area contributed by atoms with Crippen LogP contribution in [-0.4, -0.2) is 9.55 Å². The monoisotopic (exact) mass is 287 g/mol. The Bertz CT molecular complexity index is 627. The average molecular weight is 287 g/mol. The van der Waals surface area contributed by atoms with Crippen LogP contribution >= 0.6 is 11.8 Å². The van der Waals surface area contributed by atoms with Gasteiger partial charge in [0.05, 0.1) is 12.2 Å². The number of nitrogens with zero attached hydrogens (tertiary/aromatic N) is 5. The molecule has 104 valence electrons. The van der Waals surface area contributed by atoms with Crippen molar-refractivity contribution >= 4 is 11.8 Å². The predicted octanol–water partition coefficient (Wildman–Crippen LogP) is 4.51. The molecular weight excluding hydrogens is 270 g/mol. The summed E-state index contributed by atoms with van der Waals surface area (Å²) in [5, 5.41) is 4.59. The van der Waals surface area contributed by atoms with Crippen LogP contribution in [0.15, 0.2) is 45.4 Å². The van der Waals surface area contributed by atoms with Gasteiger partial charge in [0.25, 0.3) is 0 Å². The molecule has 0 saturated heterocycles. The normalized spacial score (nSPS) is 10.6. The molecule has 0 radical (unpaired) electrons. The van der Waals surface area contributed by atoms with Crippen LogP contribution in [0.5, 0.6) is 0 Å². The molecule has 0 aliphatic rings. The van der Waals surface area contributed by atoms with Crippen molar-refractivity contribution in [3.63, 3.8) is 0 Å². The fourth-order valence-electron chi connectivity index (χ4n) is 2.08. The Morgan fingerprint density at radius 1 is 1.35 bits per heavy atom. The molecule has 6 heteroatoms. The van der Waals surface area contributed by atoms with E-state index in [0.717, 1.165) is 15.7 Å². The number of benzene rings is 1. The van der Waals surface area contributed by atoms with E-state index >= 15 is 0 Å². The second kappa shape index (κ2) is 6.50. The van der Waals surface area contributed by atoms with Gasteiger partial charge in [-0.15, -0.1) is 0 Å². The van der Waals surface area contributed by atoms with Crippen LogP contribution in [0.4, 0.5) is 0 Å². The Labute approximate surface area is 122 Å². The Kier molecular flexibility index (Phi) is 4.71. The van der Waals surface area contributed by atoms with Gasteiger partial charge in [0.2, 0.25) is 0 Å². The standard InChI is InChI=1S/C14H17N5S/c1-10(2)13-14(20-11-7-5-4-6-8-11)17-12(19(13)3)9-16-18-15/h4-8,10H,9H2,1-3H3. The van der Waals surface area contributed by atoms with Crippen LogP contribution in [0, 0.1) is 0 Å². The van der Waals surface area contributed by atoms with E-state index in [-0.39, 0.29) is 6.54 Å². The summed E-state index contributed by atoms with van der Waals surface area (Å²) in [6, 6.07) is 10.2. The number of hydrogen-bond donors (Lipinski definition) is 0. The van der Waals surface area contributed by atoms with E-state index in [0.29, 0.717) is 5.92 Å². The predicted molar refractivity (Wildman–Crippen MR) is 80.7 cm³/mol. The van der Waals surface area contributed by atoms with Gasteiger partial charge in [-0.3, -0.25) is 0 Å². The summed E-state index contributed by atoms with van der Waals surface area (Å²) >= 11 is 1.64. The number of azide groups is 1. The molecule has 0 fully saturated rings. The van der Waals surface area contributed by atoms with Crippen molar-refractivity contribution in [3.05, 3.63) is 52.3 Å². The highest BCUT2D eigenvalue weighted by atomic mass is 32.2. The van der Waals surface area contributed by atoms with E-state index in [1.54, 1.807) is 11.8 Å². The minimum Gasteiger partial charge on any atom is -0.334 e. The summed E-state index contributed by atoms with van der Waals surface area (Å²) in [5.74, 6) is 1.16. The molecule has 0 spiro atoms. The number of hydrogen-bond acceptors (Lipinski definition) is 3. The van der Waals surface area contributed by atoms with Crippen molar-refractivity contribution in [2.24, 2.45) is 12.2 Å². The first-order valence-electron chi connectivity index (χ1n) is 6.42. The van der Waals surface area contributed by atoms with Crippen molar-refractivity contribution in [1.29, 1.82) is 0 Å². The Balaban J connectivity index is 2.38. The quantitative estimate of drug-likeness (QED) is 0.461. The Morgan fingerprint density at radius 3 is 2.65 bits per heavy atom. The molecule has 0 bridgehead atoms. The molecule has 20 heavy (non-hydrogen) atoms. The van der Waals surface area contributed by atoms with Crippen LogP contribution < -0.4 is 0 Å². The minimum absolute atomic E-state index is 0.280. The minimum atomic E-state index is 0.280. The Hall–Kier alpha value is -1.91. The number of aromatic nitrogens is 2. The first kappa shape index (κ1) is 14.5. The number of imidazole rings is 1. The lowest BCUT2D eigenvalue weighted by atomic mass is 10.1. The molecule has 0 unspecified atom stereocenters. The zero-order valence-electron chi connectivity index (χ0n) is 11.8. The van der Waals surface area contributed by atoms with E-state index in [1.165, 1.54) is 5.69 Å². The van der Waals surface area contributed by atoms with Gasteiger partial charge in [0.15, 0.2) is 0 Å². The maximum atomic E-state index is 8.46. The summed E-state index contributed by atoms with van der Waals surface area (Å²) in [7, 11) is 1.97. The SMILES string of the molecule is CC(C)c1c(Sc2ccccc2)nc(CN=[N+]=[N-])n1C. The highest BCUT2D eigenvalue weighted by Gasteiger charge is 2.17. The van der Waals surface area contributed by atoms with Gasteiger partial charge >= 0.3 is 0 Å². The molecule has 2 rings (SSSR count). The van der Waals surface area contributed by atoms with E-state index in [2.05, 4.69) is 41.0 Å². The van der Waals surface area contributed by atoms with Crippen molar-refractivity contribution < 1.29 is 0 Å². The average Bonchev–Trinajstić information content (AvgIpc) is 2.73. The fourth-order valence-corrected chi connectivity index (χ4v) is 3.22. The zero-order valence-corrected chi connectivity index (χ0v) is 12.6. The van der Waals surface area contributed by atoms with Gasteiger partial charge in [-0.1, -0.05) is 48.9 Å². The van der Waals surface area contributed by atoms with Crippen LogP contribution in [0.25, 0.3) is 10.4 Å². The molecule has 0 N–H and O–H groups in total. The molecule has 0 aliphatic heterocycles. The van der Waals surface area contributed by atoms with Crippen molar-refractivity contribution in [2.75, 3.05) is 0 Å². The summed E-state index contributed by atoms with van der Waals surface area (Å²) in [6.07, 6.45) is 0. The summed E-state index contributed by atoms with van der Waals surface area (Å²) in [5.41, 5.74) is 9.62. The largest absolute Gasteiger partial charge is 0.334 e. The molecule has 2 aromatic rings. The van der Waals surface area contributed by atoms with Crippen LogP contribution in [0.3, 0.4) is 0 Å². The smallest absolute Gasteiger partial charge is 0.123 e. The van der Waals surface area contributed by atoms with Crippen molar-refractivity contribution in [2.45, 2.75) is 36.2 Å². The molecular formula is C14H17N5S. The summed E-state index contributed by atoms with van der Waals surface area (Å²) in [6.45, 7) is 4.56. The van der Waals surface area contributed by atoms with Crippen molar-refractivity contribution in [3.8, 4) is 0 Å². The van der Waals surface area contributed by atoms with Crippen LogP contribution in [0.2, 0.25) is 0 Å².